The number of nitrogens with one attached hydrogen (secondary N) is 2. The summed E-state index contributed by atoms with van der Waals surface area (Å²) in [5.41, 5.74) is 4.05. The van der Waals surface area contributed by atoms with Crippen LogP contribution >= 0.6 is 0 Å². The predicted molar refractivity (Wildman–Crippen MR) is 110 cm³/mol. The van der Waals surface area contributed by atoms with Crippen LogP contribution in [0.3, 0.4) is 0 Å². The van der Waals surface area contributed by atoms with Crippen molar-refractivity contribution in [3.05, 3.63) is 106 Å². The van der Waals surface area contributed by atoms with E-state index in [1.54, 1.807) is 41.2 Å². The standard InChI is InChI=1S/C22H21N5O2/c1-16-13-24-22(29)27(16)20-9-7-19(8-10-20)21(28)23-14-17-3-5-18(6-4-17)15-26-12-2-11-25-26/h2-13H,14-15H2,1H3,(H,23,28)(H,24,29). The van der Waals surface area contributed by atoms with Gasteiger partial charge in [0.25, 0.3) is 5.91 Å². The number of carbonyl (C=O) groups is 1. The van der Waals surface area contributed by atoms with Gasteiger partial charge in [0.05, 0.1) is 12.2 Å². The molecule has 4 aromatic rings. The highest BCUT2D eigenvalue weighted by atomic mass is 16.2. The van der Waals surface area contributed by atoms with Gasteiger partial charge >= 0.3 is 5.69 Å². The summed E-state index contributed by atoms with van der Waals surface area (Å²) in [7, 11) is 0. The highest BCUT2D eigenvalue weighted by Crippen LogP contribution is 2.11. The fourth-order valence-electron chi connectivity index (χ4n) is 3.17. The molecule has 7 nitrogen and oxygen atoms in total. The van der Waals surface area contributed by atoms with E-state index in [1.165, 1.54) is 0 Å². The Balaban J connectivity index is 1.36. The molecule has 29 heavy (non-hydrogen) atoms. The van der Waals surface area contributed by atoms with Crippen molar-refractivity contribution >= 4 is 5.91 Å². The Morgan fingerprint density at radius 1 is 1.07 bits per heavy atom. The first-order valence-corrected chi connectivity index (χ1v) is 9.31. The average molecular weight is 387 g/mol. The van der Waals surface area contributed by atoms with Gasteiger partial charge < -0.3 is 10.3 Å². The van der Waals surface area contributed by atoms with Gasteiger partial charge in [0.2, 0.25) is 0 Å². The summed E-state index contributed by atoms with van der Waals surface area (Å²) in [4.78, 5) is 26.9. The van der Waals surface area contributed by atoms with E-state index >= 15 is 0 Å². The summed E-state index contributed by atoms with van der Waals surface area (Å²) in [6, 6.07) is 16.9. The number of nitrogens with zero attached hydrogens (tertiary/aromatic N) is 3. The van der Waals surface area contributed by atoms with E-state index in [0.29, 0.717) is 12.1 Å². The van der Waals surface area contributed by atoms with Gasteiger partial charge in [0.15, 0.2) is 0 Å². The Morgan fingerprint density at radius 2 is 1.79 bits per heavy atom. The molecule has 0 bridgehead atoms. The van der Waals surface area contributed by atoms with Crippen LogP contribution in [0.15, 0.2) is 78.0 Å². The van der Waals surface area contributed by atoms with Crippen molar-refractivity contribution in [1.82, 2.24) is 24.6 Å². The lowest BCUT2D eigenvalue weighted by molar-refractivity contribution is 0.0951. The van der Waals surface area contributed by atoms with Crippen LogP contribution in [0.1, 0.15) is 27.2 Å². The lowest BCUT2D eigenvalue weighted by atomic mass is 10.1. The van der Waals surface area contributed by atoms with E-state index in [2.05, 4.69) is 15.4 Å². The van der Waals surface area contributed by atoms with Gasteiger partial charge in [-0.3, -0.25) is 14.0 Å². The molecule has 0 atom stereocenters. The van der Waals surface area contributed by atoms with Crippen molar-refractivity contribution in [2.24, 2.45) is 0 Å². The molecule has 7 heteroatoms. The largest absolute Gasteiger partial charge is 0.348 e. The number of benzene rings is 2. The van der Waals surface area contributed by atoms with Gasteiger partial charge in [-0.15, -0.1) is 0 Å². The van der Waals surface area contributed by atoms with Crippen LogP contribution in [-0.2, 0) is 13.1 Å². The van der Waals surface area contributed by atoms with E-state index in [-0.39, 0.29) is 11.6 Å². The maximum atomic E-state index is 12.4. The number of aryl methyl sites for hydroxylation is 1. The molecule has 4 rings (SSSR count). The summed E-state index contributed by atoms with van der Waals surface area (Å²) in [5.74, 6) is -0.157. The normalized spacial score (nSPS) is 10.8. The fraction of sp³-hybridized carbons (Fsp3) is 0.136. The van der Waals surface area contributed by atoms with Crippen molar-refractivity contribution in [1.29, 1.82) is 0 Å². The molecule has 2 aromatic carbocycles. The van der Waals surface area contributed by atoms with Crippen LogP contribution in [0.2, 0.25) is 0 Å². The second-order valence-corrected chi connectivity index (χ2v) is 6.82. The SMILES string of the molecule is Cc1c[nH]c(=O)n1-c1ccc(C(=O)NCc2ccc(Cn3cccn3)cc2)cc1. The third-order valence-electron chi connectivity index (χ3n) is 4.73. The van der Waals surface area contributed by atoms with Crippen LogP contribution < -0.4 is 11.0 Å². The molecular formula is C22H21N5O2. The summed E-state index contributed by atoms with van der Waals surface area (Å²) >= 11 is 0. The number of carbonyl (C=O) groups excluding carboxylic acids is 1. The summed E-state index contributed by atoms with van der Waals surface area (Å²) < 4.78 is 3.43. The minimum Gasteiger partial charge on any atom is -0.348 e. The smallest absolute Gasteiger partial charge is 0.330 e. The van der Waals surface area contributed by atoms with Gasteiger partial charge in [-0.25, -0.2) is 4.79 Å². The molecule has 0 saturated carbocycles. The average Bonchev–Trinajstić information content (AvgIpc) is 3.37. The minimum atomic E-state index is -0.198. The van der Waals surface area contributed by atoms with Crippen LogP contribution in [0.5, 0.6) is 0 Å². The van der Waals surface area contributed by atoms with Crippen molar-refractivity contribution in [3.8, 4) is 5.69 Å². The van der Waals surface area contributed by atoms with E-state index < -0.39 is 0 Å². The molecule has 1 amide bonds. The quantitative estimate of drug-likeness (QED) is 0.533. The first-order chi connectivity index (χ1) is 14.1. The maximum absolute atomic E-state index is 12.4. The van der Waals surface area contributed by atoms with E-state index in [4.69, 9.17) is 0 Å². The molecule has 2 heterocycles. The number of aromatic nitrogens is 4. The Kier molecular flexibility index (Phi) is 5.11. The number of hydrogen-bond acceptors (Lipinski definition) is 3. The molecule has 0 aliphatic heterocycles. The number of aromatic amines is 1. The number of imidazole rings is 1. The molecule has 0 radical (unpaired) electrons. The van der Waals surface area contributed by atoms with Crippen molar-refractivity contribution in [3.63, 3.8) is 0 Å². The number of hydrogen-bond donors (Lipinski definition) is 2. The third kappa shape index (κ3) is 4.19. The first-order valence-electron chi connectivity index (χ1n) is 9.31. The molecular weight excluding hydrogens is 366 g/mol. The fourth-order valence-corrected chi connectivity index (χ4v) is 3.17. The van der Waals surface area contributed by atoms with Gasteiger partial charge in [-0.05, 0) is 48.4 Å². The molecule has 2 aromatic heterocycles. The summed E-state index contributed by atoms with van der Waals surface area (Å²) in [5, 5.41) is 7.12. The van der Waals surface area contributed by atoms with Crippen molar-refractivity contribution in [2.45, 2.75) is 20.0 Å². The second kappa shape index (κ2) is 8.02. The van der Waals surface area contributed by atoms with Crippen LogP contribution in [0, 0.1) is 6.92 Å². The zero-order valence-corrected chi connectivity index (χ0v) is 16.0. The number of rotatable bonds is 6. The first kappa shape index (κ1) is 18.5. The molecule has 0 saturated heterocycles. The van der Waals surface area contributed by atoms with Gasteiger partial charge in [0, 0.05) is 36.4 Å². The highest BCUT2D eigenvalue weighted by Gasteiger charge is 2.08. The lowest BCUT2D eigenvalue weighted by Gasteiger charge is -2.08. The zero-order valence-electron chi connectivity index (χ0n) is 16.0. The van der Waals surface area contributed by atoms with Crippen LogP contribution in [0.25, 0.3) is 5.69 Å². The van der Waals surface area contributed by atoms with Crippen molar-refractivity contribution in [2.75, 3.05) is 0 Å². The number of H-pyrrole nitrogens is 1. The molecule has 0 aliphatic rings. The van der Waals surface area contributed by atoms with Gasteiger partial charge in [0.1, 0.15) is 0 Å². The van der Waals surface area contributed by atoms with E-state index in [0.717, 1.165) is 29.1 Å². The predicted octanol–water partition coefficient (Wildman–Crippen LogP) is 2.65. The van der Waals surface area contributed by atoms with Gasteiger partial charge in [-0.1, -0.05) is 24.3 Å². The molecule has 2 N–H and O–H groups in total. The molecule has 0 spiro atoms. The summed E-state index contributed by atoms with van der Waals surface area (Å²) in [6.07, 6.45) is 5.34. The van der Waals surface area contributed by atoms with E-state index in [1.807, 2.05) is 48.1 Å². The zero-order chi connectivity index (χ0) is 20.2. The molecule has 0 fully saturated rings. The Labute approximate surface area is 167 Å². The Morgan fingerprint density at radius 3 is 2.41 bits per heavy atom. The third-order valence-corrected chi connectivity index (χ3v) is 4.73. The number of amides is 1. The van der Waals surface area contributed by atoms with E-state index in [9.17, 15) is 9.59 Å². The highest BCUT2D eigenvalue weighted by molar-refractivity contribution is 5.94. The monoisotopic (exact) mass is 387 g/mol. The topological polar surface area (TPSA) is 84.7 Å². The van der Waals surface area contributed by atoms with Crippen LogP contribution in [0.4, 0.5) is 0 Å². The molecule has 0 unspecified atom stereocenters. The Bertz CT molecular complexity index is 1150. The maximum Gasteiger partial charge on any atom is 0.330 e. The Hall–Kier alpha value is -3.87. The molecule has 146 valence electrons. The van der Waals surface area contributed by atoms with Crippen molar-refractivity contribution < 1.29 is 4.79 Å². The minimum absolute atomic E-state index is 0.157. The van der Waals surface area contributed by atoms with Crippen LogP contribution in [-0.4, -0.2) is 25.2 Å². The lowest BCUT2D eigenvalue weighted by Crippen LogP contribution is -2.23. The molecule has 0 aliphatic carbocycles. The van der Waals surface area contributed by atoms with Gasteiger partial charge in [-0.2, -0.15) is 5.10 Å². The summed E-state index contributed by atoms with van der Waals surface area (Å²) in [6.45, 7) is 3.01. The second-order valence-electron chi connectivity index (χ2n) is 6.82.